The molecule has 1 fully saturated rings. The topological polar surface area (TPSA) is 25.2 Å². The predicted molar refractivity (Wildman–Crippen MR) is 82.7 cm³/mol. The highest BCUT2D eigenvalue weighted by molar-refractivity contribution is 5.29. The van der Waals surface area contributed by atoms with Gasteiger partial charge in [0.15, 0.2) is 0 Å². The number of aliphatic hydroxyl groups is 1. The smallest absolute Gasteiger partial charge is 0.0812 e. The van der Waals surface area contributed by atoms with Gasteiger partial charge in [0.1, 0.15) is 0 Å². The molecule has 0 aromatic carbocycles. The highest BCUT2D eigenvalue weighted by Gasteiger charge is 2.35. The number of nitrogens with zero attached hydrogens (tertiary/aromatic N) is 1. The molecule has 1 saturated carbocycles. The molecule has 112 valence electrons. The summed E-state index contributed by atoms with van der Waals surface area (Å²) in [6.45, 7) is 9.34. The van der Waals surface area contributed by atoms with Crippen LogP contribution in [0.25, 0.3) is 0 Å². The lowest BCUT2D eigenvalue weighted by atomic mass is 9.75. The van der Waals surface area contributed by atoms with Gasteiger partial charge >= 0.3 is 0 Å². The number of hydrogen-bond donors (Lipinski definition) is 1. The van der Waals surface area contributed by atoms with Gasteiger partial charge in [-0.1, -0.05) is 27.7 Å². The first kappa shape index (κ1) is 14.2. The molecule has 0 bridgehead atoms. The van der Waals surface area contributed by atoms with Crippen LogP contribution in [0.2, 0.25) is 0 Å². The summed E-state index contributed by atoms with van der Waals surface area (Å²) < 4.78 is 2.50. The fraction of sp³-hybridized carbons (Fsp3) is 0.778. The van der Waals surface area contributed by atoms with Crippen molar-refractivity contribution < 1.29 is 5.11 Å². The Kier molecular flexibility index (Phi) is 3.48. The molecule has 0 saturated heterocycles. The molecule has 0 radical (unpaired) electrons. The summed E-state index contributed by atoms with van der Waals surface area (Å²) in [5.74, 6) is 1.67. The molecule has 0 spiro atoms. The van der Waals surface area contributed by atoms with Crippen molar-refractivity contribution in [2.45, 2.75) is 71.9 Å². The van der Waals surface area contributed by atoms with E-state index in [1.54, 1.807) is 0 Å². The van der Waals surface area contributed by atoms with E-state index in [2.05, 4.69) is 44.5 Å². The van der Waals surface area contributed by atoms with Gasteiger partial charge in [-0.3, -0.25) is 0 Å². The van der Waals surface area contributed by atoms with Crippen LogP contribution in [0.3, 0.4) is 0 Å². The Hall–Kier alpha value is -0.760. The minimum absolute atomic E-state index is 0.218. The predicted octanol–water partition coefficient (Wildman–Crippen LogP) is 4.49. The molecule has 1 aromatic rings. The molecule has 4 unspecified atom stereocenters. The van der Waals surface area contributed by atoms with Gasteiger partial charge < -0.3 is 9.67 Å². The van der Waals surface area contributed by atoms with Gasteiger partial charge in [-0.05, 0) is 55.4 Å². The van der Waals surface area contributed by atoms with Crippen LogP contribution < -0.4 is 0 Å². The van der Waals surface area contributed by atoms with Gasteiger partial charge in [0.25, 0.3) is 0 Å². The molecule has 20 heavy (non-hydrogen) atoms. The lowest BCUT2D eigenvalue weighted by molar-refractivity contribution is 0.0961. The largest absolute Gasteiger partial charge is 0.388 e. The maximum Gasteiger partial charge on any atom is 0.0812 e. The molecule has 0 aliphatic heterocycles. The summed E-state index contributed by atoms with van der Waals surface area (Å²) in [6, 6.07) is 2.81. The van der Waals surface area contributed by atoms with Crippen LogP contribution in [0.15, 0.2) is 12.3 Å². The van der Waals surface area contributed by atoms with E-state index in [0.717, 1.165) is 24.7 Å². The monoisotopic (exact) mass is 275 g/mol. The van der Waals surface area contributed by atoms with E-state index in [1.165, 1.54) is 30.5 Å². The third-order valence-corrected chi connectivity index (χ3v) is 5.77. The van der Waals surface area contributed by atoms with Gasteiger partial charge in [-0.15, -0.1) is 0 Å². The maximum atomic E-state index is 10.4. The van der Waals surface area contributed by atoms with E-state index >= 15 is 0 Å². The molecule has 2 nitrogen and oxygen atoms in total. The zero-order valence-corrected chi connectivity index (χ0v) is 13.4. The first-order chi connectivity index (χ1) is 9.37. The average molecular weight is 275 g/mol. The van der Waals surface area contributed by atoms with Crippen molar-refractivity contribution in [3.05, 3.63) is 23.5 Å². The summed E-state index contributed by atoms with van der Waals surface area (Å²) in [5.41, 5.74) is 2.81. The normalized spacial score (nSPS) is 36.6. The second kappa shape index (κ2) is 4.91. The Labute approximate surface area is 123 Å². The highest BCUT2D eigenvalue weighted by Crippen LogP contribution is 2.44. The van der Waals surface area contributed by atoms with Crippen LogP contribution in [-0.4, -0.2) is 9.67 Å². The zero-order valence-electron chi connectivity index (χ0n) is 13.4. The van der Waals surface area contributed by atoms with Crippen LogP contribution in [0, 0.1) is 17.3 Å². The van der Waals surface area contributed by atoms with Gasteiger partial charge in [-0.25, -0.2) is 0 Å². The number of fused-ring (bicyclic) bond motifs is 1. The van der Waals surface area contributed by atoms with Gasteiger partial charge in [0.05, 0.1) is 6.10 Å². The van der Waals surface area contributed by atoms with Gasteiger partial charge in [0, 0.05) is 23.5 Å². The Morgan fingerprint density at radius 3 is 2.65 bits per heavy atom. The van der Waals surface area contributed by atoms with Crippen molar-refractivity contribution in [1.82, 2.24) is 4.57 Å². The summed E-state index contributed by atoms with van der Waals surface area (Å²) >= 11 is 0. The van der Waals surface area contributed by atoms with Gasteiger partial charge in [-0.2, -0.15) is 0 Å². The van der Waals surface area contributed by atoms with Crippen molar-refractivity contribution in [1.29, 1.82) is 0 Å². The minimum atomic E-state index is -0.269. The molecule has 2 heteroatoms. The summed E-state index contributed by atoms with van der Waals surface area (Å²) in [4.78, 5) is 0. The summed E-state index contributed by atoms with van der Waals surface area (Å²) in [7, 11) is 0. The SMILES string of the molecule is CC1CCC(n2ccc3c2CC(C)(C)CC3O)CC1C. The number of aromatic nitrogens is 1. The molecular weight excluding hydrogens is 246 g/mol. The highest BCUT2D eigenvalue weighted by atomic mass is 16.3. The fourth-order valence-corrected chi connectivity index (χ4v) is 4.27. The third-order valence-electron chi connectivity index (χ3n) is 5.77. The molecule has 1 N–H and O–H groups in total. The van der Waals surface area contributed by atoms with Crippen molar-refractivity contribution in [2.24, 2.45) is 17.3 Å². The first-order valence-corrected chi connectivity index (χ1v) is 8.25. The second-order valence-electron chi connectivity index (χ2n) is 8.11. The standard InChI is InChI=1S/C18H29NO/c1-12-5-6-14(9-13(12)2)19-8-7-15-16(19)10-18(3,4)11-17(15)20/h7-8,12-14,17,20H,5-6,9-11H2,1-4H3. The van der Waals surface area contributed by atoms with Crippen molar-refractivity contribution >= 4 is 0 Å². The van der Waals surface area contributed by atoms with Crippen molar-refractivity contribution in [3.8, 4) is 0 Å². The molecule has 3 rings (SSSR count). The molecule has 4 atom stereocenters. The van der Waals surface area contributed by atoms with Crippen LogP contribution in [0.4, 0.5) is 0 Å². The van der Waals surface area contributed by atoms with Crippen LogP contribution in [0.5, 0.6) is 0 Å². The van der Waals surface area contributed by atoms with E-state index in [1.807, 2.05) is 0 Å². The Balaban J connectivity index is 1.89. The van der Waals surface area contributed by atoms with Gasteiger partial charge in [0.2, 0.25) is 0 Å². The molecule has 2 aliphatic rings. The molecular formula is C18H29NO. The quantitative estimate of drug-likeness (QED) is 0.802. The van der Waals surface area contributed by atoms with E-state index in [4.69, 9.17) is 0 Å². The van der Waals surface area contributed by atoms with Crippen LogP contribution >= 0.6 is 0 Å². The third kappa shape index (κ3) is 2.43. The molecule has 2 aliphatic carbocycles. The summed E-state index contributed by atoms with van der Waals surface area (Å²) in [6.07, 6.45) is 7.89. The molecule has 0 amide bonds. The number of rotatable bonds is 1. The Morgan fingerprint density at radius 1 is 1.20 bits per heavy atom. The zero-order chi connectivity index (χ0) is 14.5. The van der Waals surface area contributed by atoms with E-state index in [9.17, 15) is 5.11 Å². The minimum Gasteiger partial charge on any atom is -0.388 e. The molecule has 1 aromatic heterocycles. The summed E-state index contributed by atoms with van der Waals surface area (Å²) in [5, 5.41) is 10.4. The number of hydrogen-bond acceptors (Lipinski definition) is 1. The Bertz CT molecular complexity index is 488. The van der Waals surface area contributed by atoms with E-state index in [0.29, 0.717) is 6.04 Å². The van der Waals surface area contributed by atoms with Crippen LogP contribution in [0.1, 0.15) is 76.8 Å². The van der Waals surface area contributed by atoms with E-state index in [-0.39, 0.29) is 11.5 Å². The second-order valence-corrected chi connectivity index (χ2v) is 8.11. The number of aliphatic hydroxyl groups excluding tert-OH is 1. The molecule has 1 heterocycles. The first-order valence-electron chi connectivity index (χ1n) is 8.25. The maximum absolute atomic E-state index is 10.4. The fourth-order valence-electron chi connectivity index (χ4n) is 4.27. The van der Waals surface area contributed by atoms with E-state index < -0.39 is 0 Å². The Morgan fingerprint density at radius 2 is 1.95 bits per heavy atom. The van der Waals surface area contributed by atoms with Crippen molar-refractivity contribution in [3.63, 3.8) is 0 Å². The van der Waals surface area contributed by atoms with Crippen LogP contribution in [-0.2, 0) is 6.42 Å². The lowest BCUT2D eigenvalue weighted by Crippen LogP contribution is -2.29. The van der Waals surface area contributed by atoms with Crippen molar-refractivity contribution in [2.75, 3.05) is 0 Å². The lowest BCUT2D eigenvalue weighted by Gasteiger charge is -2.38. The average Bonchev–Trinajstić information content (AvgIpc) is 2.75.